The maximum absolute atomic E-state index is 9.79. The fraction of sp³-hybridized carbons (Fsp3) is 0.150. The summed E-state index contributed by atoms with van der Waals surface area (Å²) in [7, 11) is 0. The van der Waals surface area contributed by atoms with E-state index in [-0.39, 0.29) is 12.3 Å². The molecule has 7 heteroatoms. The van der Waals surface area contributed by atoms with Gasteiger partial charge in [-0.05, 0) is 12.5 Å². The lowest BCUT2D eigenvalue weighted by molar-refractivity contribution is -0.436. The van der Waals surface area contributed by atoms with Crippen LogP contribution in [0.3, 0.4) is 0 Å². The highest BCUT2D eigenvalue weighted by molar-refractivity contribution is 5.77. The van der Waals surface area contributed by atoms with Gasteiger partial charge in [-0.1, -0.05) is 54.6 Å². The second-order valence-electron chi connectivity index (χ2n) is 6.33. The zero-order valence-corrected chi connectivity index (χ0v) is 14.5. The topological polar surface area (TPSA) is 81.8 Å². The van der Waals surface area contributed by atoms with E-state index in [9.17, 15) is 5.11 Å². The van der Waals surface area contributed by atoms with Crippen molar-refractivity contribution in [2.75, 3.05) is 0 Å². The summed E-state index contributed by atoms with van der Waals surface area (Å²) in [4.78, 5) is 7.95. The molecule has 0 atom stereocenters. The molecule has 0 radical (unpaired) electrons. The van der Waals surface area contributed by atoms with Gasteiger partial charge in [0.1, 0.15) is 6.33 Å². The largest absolute Gasteiger partial charge is 0.479 e. The number of hydrogen-bond acceptors (Lipinski definition) is 6. The summed E-state index contributed by atoms with van der Waals surface area (Å²) in [5.41, 5.74) is 4.12. The van der Waals surface area contributed by atoms with E-state index < -0.39 is 5.79 Å². The highest BCUT2D eigenvalue weighted by atomic mass is 16.9. The van der Waals surface area contributed by atoms with Gasteiger partial charge in [-0.15, -0.1) is 0 Å². The first kappa shape index (κ1) is 15.9. The van der Waals surface area contributed by atoms with E-state index in [1.165, 1.54) is 10.8 Å². The van der Waals surface area contributed by atoms with Crippen molar-refractivity contribution in [3.63, 3.8) is 0 Å². The van der Waals surface area contributed by atoms with E-state index in [2.05, 4.69) is 15.1 Å². The molecule has 0 unspecified atom stereocenters. The van der Waals surface area contributed by atoms with Crippen LogP contribution in [-0.2, 0) is 15.3 Å². The minimum atomic E-state index is -0.888. The first-order valence-electron chi connectivity index (χ1n) is 8.57. The summed E-state index contributed by atoms with van der Waals surface area (Å²) >= 11 is 0. The zero-order chi connectivity index (χ0) is 18.4. The van der Waals surface area contributed by atoms with Gasteiger partial charge >= 0.3 is 6.01 Å². The molecule has 0 spiro atoms. The lowest BCUT2D eigenvalue weighted by Crippen LogP contribution is -2.50. The molecular weight excluding hydrogens is 344 g/mol. The number of rotatable bonds is 3. The first-order chi connectivity index (χ1) is 13.2. The fourth-order valence-electron chi connectivity index (χ4n) is 3.45. The van der Waals surface area contributed by atoms with Crippen molar-refractivity contribution in [1.29, 1.82) is 0 Å². The van der Waals surface area contributed by atoms with Gasteiger partial charge in [-0.2, -0.15) is 14.6 Å². The monoisotopic (exact) mass is 360 g/mol. The van der Waals surface area contributed by atoms with E-state index in [0.29, 0.717) is 5.65 Å². The second-order valence-corrected chi connectivity index (χ2v) is 6.33. The van der Waals surface area contributed by atoms with Crippen LogP contribution in [0.4, 0.5) is 0 Å². The van der Waals surface area contributed by atoms with Crippen molar-refractivity contribution >= 4 is 5.65 Å². The van der Waals surface area contributed by atoms with Gasteiger partial charge in [0.05, 0.1) is 6.20 Å². The fourth-order valence-corrected chi connectivity index (χ4v) is 3.45. The highest BCUT2D eigenvalue weighted by Crippen LogP contribution is 2.44. The summed E-state index contributed by atoms with van der Waals surface area (Å²) in [6.45, 7) is 1.88. The summed E-state index contributed by atoms with van der Waals surface area (Å²) < 4.78 is 13.3. The lowest BCUT2D eigenvalue weighted by atomic mass is 9.94. The lowest BCUT2D eigenvalue weighted by Gasteiger charge is -2.46. The number of ether oxygens (including phenoxy) is 2. The molecule has 2 aromatic carbocycles. The first-order valence-corrected chi connectivity index (χ1v) is 8.57. The van der Waals surface area contributed by atoms with Crippen LogP contribution in [0.15, 0.2) is 67.1 Å². The number of aromatic hydroxyl groups is 1. The Kier molecular flexibility index (Phi) is 3.46. The van der Waals surface area contributed by atoms with Gasteiger partial charge in [0, 0.05) is 16.7 Å². The van der Waals surface area contributed by atoms with Gasteiger partial charge in [0.25, 0.3) is 0 Å². The Bertz CT molecular complexity index is 1100. The zero-order valence-electron chi connectivity index (χ0n) is 14.5. The van der Waals surface area contributed by atoms with E-state index in [0.717, 1.165) is 22.3 Å². The number of fused-ring (bicyclic) bond motifs is 1. The van der Waals surface area contributed by atoms with Gasteiger partial charge in [-0.3, -0.25) is 0 Å². The molecule has 27 heavy (non-hydrogen) atoms. The van der Waals surface area contributed by atoms with Gasteiger partial charge < -0.3 is 14.6 Å². The summed E-state index contributed by atoms with van der Waals surface area (Å²) in [5, 5.41) is 13.9. The molecule has 4 aromatic rings. The molecule has 0 aliphatic carbocycles. The molecule has 1 aliphatic rings. The molecule has 5 rings (SSSR count). The molecule has 3 heterocycles. The number of nitrogens with zero attached hydrogens (tertiary/aromatic N) is 4. The van der Waals surface area contributed by atoms with Crippen LogP contribution < -0.4 is 0 Å². The van der Waals surface area contributed by atoms with Crippen LogP contribution in [0, 0.1) is 0 Å². The van der Waals surface area contributed by atoms with Gasteiger partial charge in [0.2, 0.25) is 5.79 Å². The number of benzene rings is 2. The molecule has 0 saturated carbocycles. The Labute approximate surface area is 154 Å². The Hall–Kier alpha value is -3.29. The quantitative estimate of drug-likeness (QED) is 0.605. The summed E-state index contributed by atoms with van der Waals surface area (Å²) in [5.74, 6) is -0.888. The van der Waals surface area contributed by atoms with Gasteiger partial charge in [-0.25, -0.2) is 4.98 Å². The molecule has 1 saturated heterocycles. The van der Waals surface area contributed by atoms with Crippen molar-refractivity contribution < 1.29 is 14.6 Å². The van der Waals surface area contributed by atoms with Gasteiger partial charge in [0.15, 0.2) is 11.9 Å². The average molecular weight is 360 g/mol. The number of hydrogen-bond donors (Lipinski definition) is 1. The van der Waals surface area contributed by atoms with Crippen LogP contribution in [0.5, 0.6) is 6.01 Å². The third kappa shape index (κ3) is 2.40. The number of aromatic nitrogens is 4. The average Bonchev–Trinajstić information content (AvgIpc) is 3.12. The summed E-state index contributed by atoms with van der Waals surface area (Å²) in [6.07, 6.45) is 2.71. The van der Waals surface area contributed by atoms with Crippen LogP contribution >= 0.6 is 0 Å². The summed E-state index contributed by atoms with van der Waals surface area (Å²) in [6, 6.07) is 17.5. The predicted molar refractivity (Wildman–Crippen MR) is 96.7 cm³/mol. The van der Waals surface area contributed by atoms with Crippen molar-refractivity contribution in [3.8, 4) is 17.1 Å². The normalized spacial score (nSPS) is 21.9. The molecule has 0 bridgehead atoms. The molecular formula is C20H16N4O3. The molecule has 1 fully saturated rings. The van der Waals surface area contributed by atoms with Crippen molar-refractivity contribution in [1.82, 2.24) is 19.6 Å². The Morgan fingerprint density at radius 1 is 0.963 bits per heavy atom. The molecule has 0 amide bonds. The van der Waals surface area contributed by atoms with E-state index >= 15 is 0 Å². The van der Waals surface area contributed by atoms with Crippen molar-refractivity contribution in [2.45, 2.75) is 19.0 Å². The third-order valence-corrected chi connectivity index (χ3v) is 4.68. The van der Waals surface area contributed by atoms with Crippen LogP contribution in [0.25, 0.3) is 16.8 Å². The predicted octanol–water partition coefficient (Wildman–Crippen LogP) is 3.09. The SMILES string of the molecule is CC1OC(c2ccccc2)(c2ccc(-c3cnn4c(O)ncnc34)cc2)O1. The highest BCUT2D eigenvalue weighted by Gasteiger charge is 2.48. The van der Waals surface area contributed by atoms with Crippen molar-refractivity contribution in [3.05, 3.63) is 78.2 Å². The van der Waals surface area contributed by atoms with Crippen molar-refractivity contribution in [2.24, 2.45) is 0 Å². The Balaban J connectivity index is 1.56. The Morgan fingerprint density at radius 3 is 2.37 bits per heavy atom. The Morgan fingerprint density at radius 2 is 1.67 bits per heavy atom. The molecule has 7 nitrogen and oxygen atoms in total. The van der Waals surface area contributed by atoms with Crippen LogP contribution in [-0.4, -0.2) is 31.0 Å². The van der Waals surface area contributed by atoms with Crippen LogP contribution in [0.2, 0.25) is 0 Å². The molecule has 2 aromatic heterocycles. The molecule has 134 valence electrons. The van der Waals surface area contributed by atoms with E-state index in [1.54, 1.807) is 6.20 Å². The third-order valence-electron chi connectivity index (χ3n) is 4.68. The molecule has 1 N–H and O–H groups in total. The van der Waals surface area contributed by atoms with E-state index in [4.69, 9.17) is 9.47 Å². The minimum Gasteiger partial charge on any atom is -0.479 e. The maximum atomic E-state index is 9.79. The standard InChI is InChI=1S/C20H16N4O3/c1-13-26-20(27-13,15-5-3-2-4-6-15)16-9-7-14(8-10-16)17-11-23-24-18(17)21-12-22-19(24)25/h2-13H,1H3,(H,21,22,25). The second kappa shape index (κ2) is 5.87. The van der Waals surface area contributed by atoms with E-state index in [1.807, 2.05) is 61.5 Å². The maximum Gasteiger partial charge on any atom is 0.318 e. The molecule has 1 aliphatic heterocycles. The smallest absolute Gasteiger partial charge is 0.318 e. The minimum absolute atomic E-state index is 0.198. The van der Waals surface area contributed by atoms with Crippen LogP contribution in [0.1, 0.15) is 18.1 Å².